The van der Waals surface area contributed by atoms with Crippen molar-refractivity contribution in [1.82, 2.24) is 5.43 Å². The van der Waals surface area contributed by atoms with Crippen LogP contribution in [0.4, 0.5) is 0 Å². The first-order valence-electron chi connectivity index (χ1n) is 8.02. The van der Waals surface area contributed by atoms with Crippen molar-refractivity contribution in [1.29, 1.82) is 0 Å². The van der Waals surface area contributed by atoms with Gasteiger partial charge in [0.1, 0.15) is 0 Å². The standard InChI is InChI=1S/C18H30N2O/c1-12-6-8-18(21-5,9-7-12)17(20-19)16-11-14(3)13(2)10-15(16)4/h10-12,17,20H,6-9,19H2,1-5H3. The molecule has 21 heavy (non-hydrogen) atoms. The molecule has 1 atom stereocenters. The Labute approximate surface area is 129 Å². The summed E-state index contributed by atoms with van der Waals surface area (Å²) >= 11 is 0. The minimum atomic E-state index is -0.187. The van der Waals surface area contributed by atoms with Crippen LogP contribution in [0.3, 0.4) is 0 Å². The van der Waals surface area contributed by atoms with Crippen molar-refractivity contribution < 1.29 is 4.74 Å². The molecule has 1 unspecified atom stereocenters. The van der Waals surface area contributed by atoms with E-state index >= 15 is 0 Å². The van der Waals surface area contributed by atoms with Crippen molar-refractivity contribution in [3.05, 3.63) is 34.4 Å². The van der Waals surface area contributed by atoms with Crippen molar-refractivity contribution in [2.45, 2.75) is 65.0 Å². The number of hydrogen-bond donors (Lipinski definition) is 2. The molecule has 1 aromatic carbocycles. The molecule has 0 aromatic heterocycles. The summed E-state index contributed by atoms with van der Waals surface area (Å²) in [4.78, 5) is 0. The van der Waals surface area contributed by atoms with Gasteiger partial charge in [-0.2, -0.15) is 0 Å². The largest absolute Gasteiger partial charge is 0.376 e. The summed E-state index contributed by atoms with van der Waals surface area (Å²) in [5.74, 6) is 6.74. The molecule has 1 saturated carbocycles. The Hall–Kier alpha value is -0.900. The second kappa shape index (κ2) is 6.47. The zero-order valence-corrected chi connectivity index (χ0v) is 14.1. The molecule has 0 saturated heterocycles. The lowest BCUT2D eigenvalue weighted by Gasteiger charge is -2.44. The first kappa shape index (κ1) is 16.5. The maximum atomic E-state index is 6.02. The summed E-state index contributed by atoms with van der Waals surface area (Å²) < 4.78 is 6.02. The fourth-order valence-electron chi connectivity index (χ4n) is 3.68. The van der Waals surface area contributed by atoms with Gasteiger partial charge in [0.05, 0.1) is 11.6 Å². The zero-order valence-electron chi connectivity index (χ0n) is 14.1. The van der Waals surface area contributed by atoms with Crippen LogP contribution in [0.2, 0.25) is 0 Å². The molecule has 0 radical (unpaired) electrons. The summed E-state index contributed by atoms with van der Waals surface area (Å²) in [6.45, 7) is 8.81. The number of nitrogens with one attached hydrogen (secondary N) is 1. The fraction of sp³-hybridized carbons (Fsp3) is 0.667. The Morgan fingerprint density at radius 3 is 2.24 bits per heavy atom. The molecule has 3 N–H and O–H groups in total. The van der Waals surface area contributed by atoms with Crippen LogP contribution in [0.15, 0.2) is 12.1 Å². The molecule has 1 aliphatic rings. The lowest BCUT2D eigenvalue weighted by Crippen LogP contribution is -2.50. The summed E-state index contributed by atoms with van der Waals surface area (Å²) in [5.41, 5.74) is 8.07. The lowest BCUT2D eigenvalue weighted by molar-refractivity contribution is -0.0763. The van der Waals surface area contributed by atoms with Crippen molar-refractivity contribution in [3.63, 3.8) is 0 Å². The number of hydrazine groups is 1. The molecule has 118 valence electrons. The van der Waals surface area contributed by atoms with Gasteiger partial charge in [-0.15, -0.1) is 0 Å². The van der Waals surface area contributed by atoms with Gasteiger partial charge >= 0.3 is 0 Å². The number of nitrogens with two attached hydrogens (primary N) is 1. The molecule has 0 spiro atoms. The van der Waals surface area contributed by atoms with Crippen LogP contribution in [-0.4, -0.2) is 12.7 Å². The molecular weight excluding hydrogens is 260 g/mol. The topological polar surface area (TPSA) is 47.3 Å². The van der Waals surface area contributed by atoms with E-state index in [0.717, 1.165) is 18.8 Å². The molecule has 0 aliphatic heterocycles. The molecular formula is C18H30N2O. The van der Waals surface area contributed by atoms with Crippen LogP contribution in [0, 0.1) is 26.7 Å². The van der Waals surface area contributed by atoms with Gasteiger partial charge in [0.25, 0.3) is 0 Å². The fourth-order valence-corrected chi connectivity index (χ4v) is 3.68. The van der Waals surface area contributed by atoms with Gasteiger partial charge in [0.15, 0.2) is 0 Å². The van der Waals surface area contributed by atoms with Crippen molar-refractivity contribution in [3.8, 4) is 0 Å². The molecule has 1 aromatic rings. The Morgan fingerprint density at radius 2 is 1.71 bits per heavy atom. The van der Waals surface area contributed by atoms with Crippen LogP contribution < -0.4 is 11.3 Å². The van der Waals surface area contributed by atoms with Gasteiger partial charge in [0, 0.05) is 7.11 Å². The van der Waals surface area contributed by atoms with Gasteiger partial charge in [-0.1, -0.05) is 19.1 Å². The smallest absolute Gasteiger partial charge is 0.0885 e. The molecule has 1 fully saturated rings. The second-order valence-electron chi connectivity index (χ2n) is 6.84. The highest BCUT2D eigenvalue weighted by Crippen LogP contribution is 2.43. The Balaban J connectivity index is 2.40. The first-order valence-corrected chi connectivity index (χ1v) is 8.02. The number of benzene rings is 1. The number of rotatable bonds is 4. The quantitative estimate of drug-likeness (QED) is 0.656. The highest BCUT2D eigenvalue weighted by atomic mass is 16.5. The molecule has 3 heteroatoms. The average Bonchev–Trinajstić information content (AvgIpc) is 2.47. The van der Waals surface area contributed by atoms with Crippen LogP contribution in [0.5, 0.6) is 0 Å². The Morgan fingerprint density at radius 1 is 1.14 bits per heavy atom. The highest BCUT2D eigenvalue weighted by molar-refractivity contribution is 5.39. The molecule has 0 amide bonds. The van der Waals surface area contributed by atoms with Gasteiger partial charge in [0.2, 0.25) is 0 Å². The third kappa shape index (κ3) is 3.15. The normalized spacial score (nSPS) is 27.6. The molecule has 2 rings (SSSR count). The van der Waals surface area contributed by atoms with Gasteiger partial charge in [-0.3, -0.25) is 11.3 Å². The second-order valence-corrected chi connectivity index (χ2v) is 6.84. The summed E-state index contributed by atoms with van der Waals surface area (Å²) in [5, 5.41) is 0. The van der Waals surface area contributed by atoms with Gasteiger partial charge in [-0.05, 0) is 74.6 Å². The maximum Gasteiger partial charge on any atom is 0.0885 e. The summed E-state index contributed by atoms with van der Waals surface area (Å²) in [6.07, 6.45) is 4.53. The number of methoxy groups -OCH3 is 1. The predicted molar refractivity (Wildman–Crippen MR) is 88.1 cm³/mol. The van der Waals surface area contributed by atoms with E-state index < -0.39 is 0 Å². The lowest BCUT2D eigenvalue weighted by atomic mass is 9.72. The van der Waals surface area contributed by atoms with E-state index in [1.165, 1.54) is 35.1 Å². The van der Waals surface area contributed by atoms with Gasteiger partial charge < -0.3 is 4.74 Å². The Bertz CT molecular complexity index is 490. The SMILES string of the molecule is COC1(C(NN)c2cc(C)c(C)cc2C)CCC(C)CC1. The van der Waals surface area contributed by atoms with Crippen LogP contribution >= 0.6 is 0 Å². The predicted octanol–water partition coefficient (Wildman–Crippen LogP) is 3.71. The Kier molecular flexibility index (Phi) is 5.07. The molecule has 0 bridgehead atoms. The van der Waals surface area contributed by atoms with Crippen molar-refractivity contribution in [2.24, 2.45) is 11.8 Å². The first-order chi connectivity index (χ1) is 9.93. The van der Waals surface area contributed by atoms with E-state index in [9.17, 15) is 0 Å². The van der Waals surface area contributed by atoms with Crippen molar-refractivity contribution in [2.75, 3.05) is 7.11 Å². The third-order valence-electron chi connectivity index (χ3n) is 5.41. The van der Waals surface area contributed by atoms with Crippen molar-refractivity contribution >= 4 is 0 Å². The third-order valence-corrected chi connectivity index (χ3v) is 5.41. The zero-order chi connectivity index (χ0) is 15.6. The van der Waals surface area contributed by atoms with Crippen LogP contribution in [0.25, 0.3) is 0 Å². The minimum absolute atomic E-state index is 0.0503. The number of hydrogen-bond acceptors (Lipinski definition) is 3. The van der Waals surface area contributed by atoms with E-state index in [-0.39, 0.29) is 11.6 Å². The average molecular weight is 290 g/mol. The minimum Gasteiger partial charge on any atom is -0.376 e. The summed E-state index contributed by atoms with van der Waals surface area (Å²) in [6, 6.07) is 4.58. The number of ether oxygens (including phenoxy) is 1. The van der Waals surface area contributed by atoms with E-state index in [0.29, 0.717) is 0 Å². The molecule has 1 aliphatic carbocycles. The molecule has 3 nitrogen and oxygen atoms in total. The monoisotopic (exact) mass is 290 g/mol. The van der Waals surface area contributed by atoms with E-state index in [2.05, 4.69) is 45.3 Å². The van der Waals surface area contributed by atoms with E-state index in [1.807, 2.05) is 7.11 Å². The maximum absolute atomic E-state index is 6.02. The number of aryl methyl sites for hydroxylation is 3. The van der Waals surface area contributed by atoms with Crippen LogP contribution in [-0.2, 0) is 4.74 Å². The van der Waals surface area contributed by atoms with Gasteiger partial charge in [-0.25, -0.2) is 0 Å². The summed E-state index contributed by atoms with van der Waals surface area (Å²) in [7, 11) is 1.83. The van der Waals surface area contributed by atoms with E-state index in [4.69, 9.17) is 10.6 Å². The highest BCUT2D eigenvalue weighted by Gasteiger charge is 2.42. The van der Waals surface area contributed by atoms with Crippen LogP contribution in [0.1, 0.15) is 60.9 Å². The van der Waals surface area contributed by atoms with E-state index in [1.54, 1.807) is 0 Å². The molecule has 0 heterocycles.